The van der Waals surface area contributed by atoms with Crippen molar-refractivity contribution in [2.24, 2.45) is 23.7 Å². The first-order chi connectivity index (χ1) is 10.3. The average Bonchev–Trinajstić information content (AvgIpc) is 3.16. The van der Waals surface area contributed by atoms with Gasteiger partial charge in [0.2, 0.25) is 0 Å². The number of allylic oxidation sites excluding steroid dienone is 4. The first-order valence-electron chi connectivity index (χ1n) is 9.04. The van der Waals surface area contributed by atoms with E-state index < -0.39 is 0 Å². The summed E-state index contributed by atoms with van der Waals surface area (Å²) >= 11 is 0. The van der Waals surface area contributed by atoms with Crippen molar-refractivity contribution in [3.63, 3.8) is 0 Å². The lowest BCUT2D eigenvalue weighted by Gasteiger charge is -2.45. The molecular formula is C19H26O2. The van der Waals surface area contributed by atoms with Gasteiger partial charge in [-0.05, 0) is 61.3 Å². The predicted octanol–water partition coefficient (Wildman–Crippen LogP) is 4.22. The van der Waals surface area contributed by atoms with Gasteiger partial charge >= 0.3 is 0 Å². The summed E-state index contributed by atoms with van der Waals surface area (Å²) < 4.78 is 11.9. The van der Waals surface area contributed by atoms with E-state index >= 15 is 0 Å². The Hall–Kier alpha value is -0.600. The summed E-state index contributed by atoms with van der Waals surface area (Å²) in [4.78, 5) is 0. The van der Waals surface area contributed by atoms with Gasteiger partial charge in [-0.2, -0.15) is 0 Å². The van der Waals surface area contributed by atoms with Crippen molar-refractivity contribution in [2.75, 3.05) is 13.2 Å². The summed E-state index contributed by atoms with van der Waals surface area (Å²) in [5, 5.41) is 0. The van der Waals surface area contributed by atoms with Crippen LogP contribution < -0.4 is 0 Å². The molecule has 2 nitrogen and oxygen atoms in total. The lowest BCUT2D eigenvalue weighted by molar-refractivity contribution is -0.181. The second-order valence-corrected chi connectivity index (χ2v) is 7.79. The van der Waals surface area contributed by atoms with Crippen LogP contribution in [-0.4, -0.2) is 19.0 Å². The van der Waals surface area contributed by atoms with Gasteiger partial charge in [-0.15, -0.1) is 0 Å². The minimum atomic E-state index is -0.212. The second-order valence-electron chi connectivity index (χ2n) is 7.79. The molecule has 1 saturated heterocycles. The van der Waals surface area contributed by atoms with E-state index in [2.05, 4.69) is 12.2 Å². The SMILES string of the molecule is C1=CC2CCCC2C2CCC3CC4(CCC3=C12)OCCO4. The zero-order valence-corrected chi connectivity index (χ0v) is 12.9. The highest BCUT2D eigenvalue weighted by Gasteiger charge is 2.47. The summed E-state index contributed by atoms with van der Waals surface area (Å²) in [5.74, 6) is 3.26. The maximum absolute atomic E-state index is 5.97. The third-order valence-corrected chi connectivity index (χ3v) is 6.90. The van der Waals surface area contributed by atoms with E-state index in [0.717, 1.165) is 49.7 Å². The number of hydrogen-bond acceptors (Lipinski definition) is 2. The Morgan fingerprint density at radius 2 is 1.95 bits per heavy atom. The van der Waals surface area contributed by atoms with Gasteiger partial charge in [-0.1, -0.05) is 24.1 Å². The van der Waals surface area contributed by atoms with Crippen molar-refractivity contribution >= 4 is 0 Å². The van der Waals surface area contributed by atoms with Crippen LogP contribution in [0.2, 0.25) is 0 Å². The summed E-state index contributed by atoms with van der Waals surface area (Å²) in [7, 11) is 0. The Morgan fingerprint density at radius 1 is 1.05 bits per heavy atom. The van der Waals surface area contributed by atoms with Gasteiger partial charge in [0.25, 0.3) is 0 Å². The van der Waals surface area contributed by atoms with Crippen molar-refractivity contribution in [1.82, 2.24) is 0 Å². The zero-order chi connectivity index (χ0) is 13.9. The lowest BCUT2D eigenvalue weighted by atomic mass is 9.63. The molecule has 0 aromatic heterocycles. The lowest BCUT2D eigenvalue weighted by Crippen LogP contribution is -2.40. The first kappa shape index (κ1) is 12.9. The third-order valence-electron chi connectivity index (χ3n) is 6.90. The normalized spacial score (nSPS) is 43.8. The maximum atomic E-state index is 5.97. The molecule has 4 unspecified atom stereocenters. The minimum absolute atomic E-state index is 0.212. The van der Waals surface area contributed by atoms with Crippen LogP contribution in [0.5, 0.6) is 0 Å². The fourth-order valence-corrected chi connectivity index (χ4v) is 5.98. The molecule has 2 saturated carbocycles. The third kappa shape index (κ3) is 1.91. The summed E-state index contributed by atoms with van der Waals surface area (Å²) in [5.41, 5.74) is 3.51. The van der Waals surface area contributed by atoms with Gasteiger partial charge in [0.15, 0.2) is 5.79 Å². The highest BCUT2D eigenvalue weighted by Crippen LogP contribution is 2.54. The van der Waals surface area contributed by atoms with Crippen LogP contribution in [0.1, 0.15) is 51.4 Å². The van der Waals surface area contributed by atoms with Crippen molar-refractivity contribution in [3.05, 3.63) is 23.3 Å². The Kier molecular flexibility index (Phi) is 2.88. The molecule has 0 aromatic carbocycles. The molecule has 0 radical (unpaired) electrons. The van der Waals surface area contributed by atoms with E-state index in [9.17, 15) is 0 Å². The Morgan fingerprint density at radius 3 is 2.86 bits per heavy atom. The van der Waals surface area contributed by atoms with Crippen LogP contribution in [0.25, 0.3) is 0 Å². The predicted molar refractivity (Wildman–Crippen MR) is 81.7 cm³/mol. The van der Waals surface area contributed by atoms with Gasteiger partial charge in [-0.3, -0.25) is 0 Å². The van der Waals surface area contributed by atoms with Crippen LogP contribution in [0.3, 0.4) is 0 Å². The molecule has 5 aliphatic rings. The second kappa shape index (κ2) is 4.70. The van der Waals surface area contributed by atoms with E-state index in [1.54, 1.807) is 11.1 Å². The summed E-state index contributed by atoms with van der Waals surface area (Å²) in [6, 6.07) is 0. The topological polar surface area (TPSA) is 18.5 Å². The number of ether oxygens (including phenoxy) is 2. The van der Waals surface area contributed by atoms with E-state index in [0.29, 0.717) is 0 Å². The van der Waals surface area contributed by atoms with Crippen LogP contribution in [0, 0.1) is 23.7 Å². The Labute approximate surface area is 127 Å². The maximum Gasteiger partial charge on any atom is 0.169 e. The molecule has 2 heteroatoms. The molecule has 1 aliphatic heterocycles. The van der Waals surface area contributed by atoms with Gasteiger partial charge in [0.05, 0.1) is 13.2 Å². The van der Waals surface area contributed by atoms with Gasteiger partial charge in [-0.25, -0.2) is 0 Å². The average molecular weight is 286 g/mol. The van der Waals surface area contributed by atoms with E-state index in [4.69, 9.17) is 9.47 Å². The molecule has 4 aliphatic carbocycles. The van der Waals surface area contributed by atoms with Gasteiger partial charge in [0, 0.05) is 12.8 Å². The smallest absolute Gasteiger partial charge is 0.169 e. The van der Waals surface area contributed by atoms with E-state index in [1.807, 2.05) is 0 Å². The van der Waals surface area contributed by atoms with Gasteiger partial charge in [0.1, 0.15) is 0 Å². The van der Waals surface area contributed by atoms with Crippen molar-refractivity contribution in [3.8, 4) is 0 Å². The van der Waals surface area contributed by atoms with Crippen LogP contribution in [0.4, 0.5) is 0 Å². The molecule has 1 heterocycles. The fourth-order valence-electron chi connectivity index (χ4n) is 5.98. The van der Waals surface area contributed by atoms with Crippen LogP contribution in [0.15, 0.2) is 23.3 Å². The molecule has 1 spiro atoms. The number of hydrogen-bond donors (Lipinski definition) is 0. The molecule has 3 fully saturated rings. The first-order valence-corrected chi connectivity index (χ1v) is 9.04. The standard InChI is InChI=1S/C19H26O2/c1-2-13-4-6-18-16-8-9-19(20-10-11-21-19)12-14(16)5-7-17(18)15(13)3-1/h4,6,13-15,17H,1-3,5,7-12H2. The summed E-state index contributed by atoms with van der Waals surface area (Å²) in [6.07, 6.45) is 15.6. The molecule has 0 aromatic rings. The minimum Gasteiger partial charge on any atom is -0.348 e. The van der Waals surface area contributed by atoms with Crippen molar-refractivity contribution < 1.29 is 9.47 Å². The Balaban J connectivity index is 1.47. The molecule has 0 bridgehead atoms. The molecular weight excluding hydrogens is 260 g/mol. The largest absolute Gasteiger partial charge is 0.348 e. The fraction of sp³-hybridized carbons (Fsp3) is 0.789. The molecule has 0 amide bonds. The molecule has 114 valence electrons. The van der Waals surface area contributed by atoms with Crippen LogP contribution in [-0.2, 0) is 9.47 Å². The molecule has 5 rings (SSSR count). The molecule has 0 N–H and O–H groups in total. The van der Waals surface area contributed by atoms with Crippen molar-refractivity contribution in [1.29, 1.82) is 0 Å². The van der Waals surface area contributed by atoms with Gasteiger partial charge < -0.3 is 9.47 Å². The number of rotatable bonds is 0. The highest BCUT2D eigenvalue weighted by atomic mass is 16.7. The number of fused-ring (bicyclic) bond motifs is 4. The molecule has 21 heavy (non-hydrogen) atoms. The monoisotopic (exact) mass is 286 g/mol. The van der Waals surface area contributed by atoms with Crippen LogP contribution >= 0.6 is 0 Å². The summed E-state index contributed by atoms with van der Waals surface area (Å²) in [6.45, 7) is 1.59. The van der Waals surface area contributed by atoms with E-state index in [1.165, 1.54) is 38.5 Å². The van der Waals surface area contributed by atoms with E-state index in [-0.39, 0.29) is 5.79 Å². The van der Waals surface area contributed by atoms with Crippen molar-refractivity contribution in [2.45, 2.75) is 57.2 Å². The quantitative estimate of drug-likeness (QED) is 0.663. The highest BCUT2D eigenvalue weighted by molar-refractivity contribution is 5.37. The zero-order valence-electron chi connectivity index (χ0n) is 12.9. The Bertz CT molecular complexity index is 498. The molecule has 4 atom stereocenters.